The summed E-state index contributed by atoms with van der Waals surface area (Å²) in [6, 6.07) is 0. The van der Waals surface area contributed by atoms with Crippen LogP contribution in [0.15, 0.2) is 0 Å². The fourth-order valence-electron chi connectivity index (χ4n) is 10.1. The van der Waals surface area contributed by atoms with Crippen LogP contribution in [0.2, 0.25) is 0 Å². The maximum Gasteiger partial charge on any atom is 0.472 e. The van der Waals surface area contributed by atoms with Crippen LogP contribution in [-0.4, -0.2) is 96.7 Å². The predicted octanol–water partition coefficient (Wildman–Crippen LogP) is 19.0. The van der Waals surface area contributed by atoms with Crippen molar-refractivity contribution < 1.29 is 80.2 Å². The van der Waals surface area contributed by atoms with Gasteiger partial charge in [-0.15, -0.1) is 0 Å². The van der Waals surface area contributed by atoms with Crippen LogP contribution < -0.4 is 0 Å². The van der Waals surface area contributed by atoms with Crippen LogP contribution in [0.1, 0.15) is 343 Å². The fourth-order valence-corrected chi connectivity index (χ4v) is 11.7. The van der Waals surface area contributed by atoms with Gasteiger partial charge in [-0.3, -0.25) is 37.3 Å². The van der Waals surface area contributed by atoms with Crippen molar-refractivity contribution in [1.82, 2.24) is 0 Å². The average molecular weight is 1270 g/mol. The second-order valence-electron chi connectivity index (χ2n) is 24.5. The van der Waals surface area contributed by atoms with Gasteiger partial charge in [0.05, 0.1) is 26.4 Å². The summed E-state index contributed by atoms with van der Waals surface area (Å²) in [4.78, 5) is 72.3. The third-order valence-electron chi connectivity index (χ3n) is 15.9. The van der Waals surface area contributed by atoms with Crippen molar-refractivity contribution in [1.29, 1.82) is 0 Å². The van der Waals surface area contributed by atoms with Gasteiger partial charge in [-0.2, -0.15) is 0 Å². The summed E-state index contributed by atoms with van der Waals surface area (Å²) < 4.78 is 68.1. The molecule has 17 nitrogen and oxygen atoms in total. The molecular weight excluding hydrogens is 1140 g/mol. The number of phosphoric acid groups is 2. The SMILES string of the molecule is CCCCCCCCCCCCCCCCCCC(=O)O[C@H](COC(=O)CCCCCCCCCCCCCC)COP(=O)(O)OC[C@@H](O)COP(=O)(O)OC[C@@H](COC(=O)CCCCCCCCCC)OC(=O)CCCCCCCCC(C)CC. The molecule has 0 aromatic heterocycles. The summed E-state index contributed by atoms with van der Waals surface area (Å²) >= 11 is 0. The van der Waals surface area contributed by atoms with Crippen LogP contribution in [0.4, 0.5) is 0 Å². The molecule has 510 valence electrons. The molecule has 0 fully saturated rings. The molecule has 6 atom stereocenters. The minimum Gasteiger partial charge on any atom is -0.462 e. The molecule has 0 aromatic rings. The molecule has 0 radical (unpaired) electrons. The number of carbonyl (C=O) groups excluding carboxylic acids is 4. The number of phosphoric ester groups is 2. The van der Waals surface area contributed by atoms with Crippen LogP contribution in [0.5, 0.6) is 0 Å². The van der Waals surface area contributed by atoms with Crippen molar-refractivity contribution >= 4 is 39.5 Å². The first kappa shape index (κ1) is 84.1. The Morgan fingerprint density at radius 2 is 0.558 bits per heavy atom. The van der Waals surface area contributed by atoms with E-state index in [1.807, 2.05) is 0 Å². The van der Waals surface area contributed by atoms with Crippen LogP contribution in [0.3, 0.4) is 0 Å². The largest absolute Gasteiger partial charge is 0.472 e. The molecule has 86 heavy (non-hydrogen) atoms. The van der Waals surface area contributed by atoms with E-state index in [1.165, 1.54) is 161 Å². The number of carbonyl (C=O) groups is 4. The Kier molecular flexibility index (Phi) is 59.2. The summed E-state index contributed by atoms with van der Waals surface area (Å²) in [5, 5.41) is 10.6. The van der Waals surface area contributed by atoms with Crippen molar-refractivity contribution in [2.75, 3.05) is 39.6 Å². The molecule has 0 amide bonds. The van der Waals surface area contributed by atoms with Gasteiger partial charge < -0.3 is 33.8 Å². The highest BCUT2D eigenvalue weighted by Gasteiger charge is 2.30. The third-order valence-corrected chi connectivity index (χ3v) is 17.8. The topological polar surface area (TPSA) is 237 Å². The Bertz CT molecular complexity index is 1670. The molecule has 3 N–H and O–H groups in total. The lowest BCUT2D eigenvalue weighted by Crippen LogP contribution is -2.30. The maximum absolute atomic E-state index is 13.0. The smallest absolute Gasteiger partial charge is 0.462 e. The van der Waals surface area contributed by atoms with E-state index in [-0.39, 0.29) is 25.7 Å². The molecule has 0 saturated heterocycles. The van der Waals surface area contributed by atoms with E-state index in [4.69, 9.17) is 37.0 Å². The molecule has 0 aromatic carbocycles. The predicted molar refractivity (Wildman–Crippen MR) is 345 cm³/mol. The zero-order valence-corrected chi connectivity index (χ0v) is 57.2. The molecule has 0 heterocycles. The minimum atomic E-state index is -4.95. The number of aliphatic hydroxyl groups is 1. The summed E-state index contributed by atoms with van der Waals surface area (Å²) in [5.74, 6) is -1.41. The van der Waals surface area contributed by atoms with Crippen molar-refractivity contribution in [3.63, 3.8) is 0 Å². The molecule has 0 spiro atoms. The lowest BCUT2D eigenvalue weighted by atomic mass is 10.00. The summed E-state index contributed by atoms with van der Waals surface area (Å²) in [7, 11) is -9.89. The van der Waals surface area contributed by atoms with Gasteiger partial charge in [0.1, 0.15) is 19.3 Å². The maximum atomic E-state index is 13.0. The van der Waals surface area contributed by atoms with Crippen LogP contribution in [-0.2, 0) is 65.4 Å². The van der Waals surface area contributed by atoms with E-state index in [1.54, 1.807) is 0 Å². The Morgan fingerprint density at radius 3 is 0.826 bits per heavy atom. The lowest BCUT2D eigenvalue weighted by molar-refractivity contribution is -0.161. The number of hydrogen-bond acceptors (Lipinski definition) is 15. The molecule has 0 rings (SSSR count). The van der Waals surface area contributed by atoms with Crippen molar-refractivity contribution in [2.24, 2.45) is 5.92 Å². The van der Waals surface area contributed by atoms with Crippen molar-refractivity contribution in [3.8, 4) is 0 Å². The van der Waals surface area contributed by atoms with E-state index < -0.39 is 97.5 Å². The van der Waals surface area contributed by atoms with E-state index in [9.17, 15) is 43.2 Å². The van der Waals surface area contributed by atoms with Crippen LogP contribution in [0.25, 0.3) is 0 Å². The van der Waals surface area contributed by atoms with Gasteiger partial charge >= 0.3 is 39.5 Å². The van der Waals surface area contributed by atoms with Gasteiger partial charge in [-0.05, 0) is 31.6 Å². The number of rotatable bonds is 67. The van der Waals surface area contributed by atoms with Crippen molar-refractivity contribution in [3.05, 3.63) is 0 Å². The summed E-state index contributed by atoms with van der Waals surface area (Å²) in [5.41, 5.74) is 0. The Labute approximate surface area is 524 Å². The number of ether oxygens (including phenoxy) is 4. The minimum absolute atomic E-state index is 0.103. The normalized spacial score (nSPS) is 14.5. The first-order chi connectivity index (χ1) is 41.6. The zero-order valence-electron chi connectivity index (χ0n) is 55.4. The highest BCUT2D eigenvalue weighted by atomic mass is 31.2. The molecule has 0 aliphatic heterocycles. The van der Waals surface area contributed by atoms with Gasteiger partial charge in [0.15, 0.2) is 12.2 Å². The Balaban J connectivity index is 5.22. The Morgan fingerprint density at radius 1 is 0.326 bits per heavy atom. The quantitative estimate of drug-likeness (QED) is 0.0222. The Hall–Kier alpha value is -1.94. The summed E-state index contributed by atoms with van der Waals surface area (Å²) in [6.45, 7) is 7.15. The van der Waals surface area contributed by atoms with Crippen LogP contribution >= 0.6 is 15.6 Å². The number of aliphatic hydroxyl groups excluding tert-OH is 1. The molecule has 0 bridgehead atoms. The number of esters is 4. The van der Waals surface area contributed by atoms with E-state index in [0.717, 1.165) is 102 Å². The molecule has 0 aliphatic carbocycles. The summed E-state index contributed by atoms with van der Waals surface area (Å²) in [6.07, 6.45) is 45.8. The van der Waals surface area contributed by atoms with E-state index >= 15 is 0 Å². The molecule has 3 unspecified atom stereocenters. The second-order valence-corrected chi connectivity index (χ2v) is 27.4. The number of unbranched alkanes of at least 4 members (excludes halogenated alkanes) is 38. The monoisotopic (exact) mass is 1270 g/mol. The molecule has 19 heteroatoms. The van der Waals surface area contributed by atoms with Crippen LogP contribution in [0, 0.1) is 5.92 Å². The third kappa shape index (κ3) is 59.7. The zero-order chi connectivity index (χ0) is 63.5. The van der Waals surface area contributed by atoms with E-state index in [0.29, 0.717) is 25.7 Å². The van der Waals surface area contributed by atoms with Gasteiger partial charge in [0.25, 0.3) is 0 Å². The standard InChI is InChI=1S/C67H130O17P2/c1-6-10-13-16-19-22-24-26-27-28-29-31-33-36-42-47-52-66(71)83-62(56-78-65(70)51-46-41-35-32-30-25-23-20-17-14-11-7-2)58-81-85(73,74)79-54-61(68)55-80-86(75,76)82-59-63(57-77-64(69)50-45-40-34-21-18-15-12-8-3)84-67(72)53-48-43-38-37-39-44-49-60(5)9-4/h60-63,68H,6-59H2,1-5H3,(H,73,74)(H,75,76)/t60?,61-,62-,63-/m1/s1. The molecule has 0 aliphatic rings. The first-order valence-electron chi connectivity index (χ1n) is 35.2. The molecular formula is C67H130O17P2. The highest BCUT2D eigenvalue weighted by molar-refractivity contribution is 7.47. The lowest BCUT2D eigenvalue weighted by Gasteiger charge is -2.21. The van der Waals surface area contributed by atoms with E-state index in [2.05, 4.69) is 34.6 Å². The molecule has 0 saturated carbocycles. The first-order valence-corrected chi connectivity index (χ1v) is 38.2. The van der Waals surface area contributed by atoms with Gasteiger partial charge in [0, 0.05) is 25.7 Å². The second kappa shape index (κ2) is 60.6. The number of hydrogen-bond donors (Lipinski definition) is 3. The van der Waals surface area contributed by atoms with Gasteiger partial charge in [0.2, 0.25) is 0 Å². The van der Waals surface area contributed by atoms with Gasteiger partial charge in [-0.1, -0.05) is 291 Å². The fraction of sp³-hybridized carbons (Fsp3) is 0.940. The van der Waals surface area contributed by atoms with Crippen molar-refractivity contribution in [2.45, 2.75) is 361 Å². The average Bonchev–Trinajstić information content (AvgIpc) is 3.60. The highest BCUT2D eigenvalue weighted by Crippen LogP contribution is 2.45. The van der Waals surface area contributed by atoms with Gasteiger partial charge in [-0.25, -0.2) is 9.13 Å².